The van der Waals surface area contributed by atoms with Crippen LogP contribution >= 0.6 is 0 Å². The van der Waals surface area contributed by atoms with E-state index in [2.05, 4.69) is 65.6 Å². The van der Waals surface area contributed by atoms with Gasteiger partial charge in [-0.1, -0.05) is 29.8 Å². The fourth-order valence-electron chi connectivity index (χ4n) is 3.06. The molecule has 2 aromatic heterocycles. The largest absolute Gasteiger partial charge is 0.340 e. The number of nitrogens with zero attached hydrogens (tertiary/aromatic N) is 3. The van der Waals surface area contributed by atoms with Gasteiger partial charge in [-0.15, -0.1) is 0 Å². The first-order chi connectivity index (χ1) is 9.78. The topological polar surface area (TPSA) is 22.8 Å². The van der Waals surface area contributed by atoms with Crippen molar-refractivity contribution in [3.8, 4) is 22.8 Å². The number of aromatic nitrogens is 3. The lowest BCUT2D eigenvalue weighted by Gasteiger charge is -2.09. The highest BCUT2D eigenvalue weighted by atomic mass is 15.2. The molecule has 3 heteroatoms. The molecule has 1 aliphatic heterocycles. The van der Waals surface area contributed by atoms with E-state index in [-0.39, 0.29) is 0 Å². The number of aryl methyl sites for hydroxylation is 1. The lowest BCUT2D eigenvalue weighted by atomic mass is 10.1. The quantitative estimate of drug-likeness (QED) is 0.540. The molecule has 0 radical (unpaired) electrons. The fraction of sp³-hybridized carbons (Fsp3) is 0.235. The number of benzene rings is 1. The van der Waals surface area contributed by atoms with Gasteiger partial charge in [0.1, 0.15) is 5.82 Å². The van der Waals surface area contributed by atoms with Crippen LogP contribution in [0.1, 0.15) is 18.2 Å². The van der Waals surface area contributed by atoms with Crippen LogP contribution in [-0.2, 0) is 13.1 Å². The predicted molar refractivity (Wildman–Crippen MR) is 80.6 cm³/mol. The summed E-state index contributed by atoms with van der Waals surface area (Å²) in [5, 5.41) is 0. The van der Waals surface area contributed by atoms with Crippen molar-refractivity contribution < 1.29 is 0 Å². The summed E-state index contributed by atoms with van der Waals surface area (Å²) in [7, 11) is 0. The molecule has 0 saturated heterocycles. The summed E-state index contributed by atoms with van der Waals surface area (Å²) in [6.07, 6.45) is 2.13. The third-order valence-corrected chi connectivity index (χ3v) is 4.06. The minimum Gasteiger partial charge on any atom is -0.340 e. The smallest absolute Gasteiger partial charge is 0.140 e. The molecule has 3 heterocycles. The van der Waals surface area contributed by atoms with Crippen molar-refractivity contribution >= 4 is 0 Å². The number of hydrogen-bond acceptors (Lipinski definition) is 1. The van der Waals surface area contributed by atoms with Gasteiger partial charge in [0.2, 0.25) is 0 Å². The molecule has 0 saturated carbocycles. The number of rotatable bonds is 2. The minimum absolute atomic E-state index is 0.892. The maximum Gasteiger partial charge on any atom is 0.140 e. The summed E-state index contributed by atoms with van der Waals surface area (Å²) in [4.78, 5) is 4.89. The van der Waals surface area contributed by atoms with Crippen molar-refractivity contribution in [1.82, 2.24) is 14.1 Å². The number of imidazole rings is 1. The Balaban J connectivity index is 1.92. The van der Waals surface area contributed by atoms with Gasteiger partial charge in [0, 0.05) is 18.3 Å². The summed E-state index contributed by atoms with van der Waals surface area (Å²) >= 11 is 0. The van der Waals surface area contributed by atoms with Crippen molar-refractivity contribution in [2.24, 2.45) is 0 Å². The molecule has 20 heavy (non-hydrogen) atoms. The molecular formula is C17H17N3. The van der Waals surface area contributed by atoms with Crippen molar-refractivity contribution in [2.45, 2.75) is 26.9 Å². The first kappa shape index (κ1) is 11.5. The summed E-state index contributed by atoms with van der Waals surface area (Å²) in [5.74, 6) is 1.09. The highest BCUT2D eigenvalue weighted by Gasteiger charge is 2.26. The van der Waals surface area contributed by atoms with E-state index >= 15 is 0 Å². The third kappa shape index (κ3) is 1.49. The monoisotopic (exact) mass is 263 g/mol. The van der Waals surface area contributed by atoms with E-state index < -0.39 is 0 Å². The van der Waals surface area contributed by atoms with Crippen LogP contribution in [0.5, 0.6) is 0 Å². The van der Waals surface area contributed by atoms with Gasteiger partial charge in [-0.25, -0.2) is 4.98 Å². The zero-order valence-corrected chi connectivity index (χ0v) is 11.8. The van der Waals surface area contributed by atoms with Crippen LogP contribution in [0.3, 0.4) is 0 Å². The number of hydrogen-bond donors (Lipinski definition) is 0. The highest BCUT2D eigenvalue weighted by Crippen LogP contribution is 2.35. The van der Waals surface area contributed by atoms with Crippen LogP contribution in [0.25, 0.3) is 22.8 Å². The molecule has 1 aliphatic rings. The van der Waals surface area contributed by atoms with Crippen LogP contribution in [0, 0.1) is 6.92 Å². The Hall–Kier alpha value is -2.29. The fourth-order valence-corrected chi connectivity index (χ4v) is 3.06. The van der Waals surface area contributed by atoms with E-state index in [9.17, 15) is 0 Å². The lowest BCUT2D eigenvalue weighted by molar-refractivity contribution is 0.770. The minimum atomic E-state index is 0.892. The second-order valence-corrected chi connectivity index (χ2v) is 5.36. The van der Waals surface area contributed by atoms with Crippen molar-refractivity contribution in [3.05, 3.63) is 53.9 Å². The molecular weight excluding hydrogens is 246 g/mol. The van der Waals surface area contributed by atoms with Gasteiger partial charge in [0.15, 0.2) is 0 Å². The molecule has 0 atom stereocenters. The average Bonchev–Trinajstić information content (AvgIpc) is 3.09. The Kier molecular flexibility index (Phi) is 2.36. The molecule has 3 nitrogen and oxygen atoms in total. The zero-order chi connectivity index (χ0) is 13.7. The van der Waals surface area contributed by atoms with Gasteiger partial charge in [0.25, 0.3) is 0 Å². The molecule has 0 N–H and O–H groups in total. The highest BCUT2D eigenvalue weighted by molar-refractivity contribution is 5.69. The van der Waals surface area contributed by atoms with Crippen LogP contribution in [0.15, 0.2) is 42.6 Å². The Morgan fingerprint density at radius 3 is 2.70 bits per heavy atom. The molecule has 0 aliphatic carbocycles. The zero-order valence-electron chi connectivity index (χ0n) is 11.8. The van der Waals surface area contributed by atoms with E-state index in [0.29, 0.717) is 0 Å². The van der Waals surface area contributed by atoms with Crippen LogP contribution < -0.4 is 0 Å². The van der Waals surface area contributed by atoms with E-state index in [1.165, 1.54) is 28.2 Å². The maximum absolute atomic E-state index is 4.89. The molecule has 0 spiro atoms. The molecule has 4 rings (SSSR count). The lowest BCUT2D eigenvalue weighted by Crippen LogP contribution is -2.01. The van der Waals surface area contributed by atoms with Crippen molar-refractivity contribution in [3.63, 3.8) is 0 Å². The van der Waals surface area contributed by atoms with Crippen LogP contribution in [-0.4, -0.2) is 14.1 Å². The van der Waals surface area contributed by atoms with Gasteiger partial charge in [-0.05, 0) is 26.0 Å². The van der Waals surface area contributed by atoms with Crippen molar-refractivity contribution in [1.29, 1.82) is 0 Å². The summed E-state index contributed by atoms with van der Waals surface area (Å²) in [5.41, 5.74) is 6.24. The Morgan fingerprint density at radius 1 is 1.15 bits per heavy atom. The van der Waals surface area contributed by atoms with E-state index in [0.717, 1.165) is 18.9 Å². The Morgan fingerprint density at radius 2 is 1.95 bits per heavy atom. The molecule has 0 amide bonds. The second-order valence-electron chi connectivity index (χ2n) is 5.36. The SMILES string of the molecule is CCn1c(-c2ccc(C)cc2)nc2c1-c1cccn1C2. The number of fused-ring (bicyclic) bond motifs is 3. The van der Waals surface area contributed by atoms with Gasteiger partial charge in [0.05, 0.1) is 23.6 Å². The third-order valence-electron chi connectivity index (χ3n) is 4.06. The van der Waals surface area contributed by atoms with Gasteiger partial charge < -0.3 is 9.13 Å². The van der Waals surface area contributed by atoms with Gasteiger partial charge in [-0.3, -0.25) is 0 Å². The van der Waals surface area contributed by atoms with E-state index in [4.69, 9.17) is 4.98 Å². The average molecular weight is 263 g/mol. The van der Waals surface area contributed by atoms with Crippen LogP contribution in [0.4, 0.5) is 0 Å². The summed E-state index contributed by atoms with van der Waals surface area (Å²) in [6, 6.07) is 12.9. The standard InChI is InChI=1S/C17H17N3/c1-3-20-16-14(11-19-10-4-5-15(16)19)18-17(20)13-8-6-12(2)7-9-13/h4-10H,3,11H2,1-2H3. The van der Waals surface area contributed by atoms with Crippen LogP contribution in [0.2, 0.25) is 0 Å². The molecule has 0 fully saturated rings. The van der Waals surface area contributed by atoms with E-state index in [1.54, 1.807) is 0 Å². The molecule has 0 unspecified atom stereocenters. The molecule has 3 aromatic rings. The molecule has 0 bridgehead atoms. The molecule has 1 aromatic carbocycles. The van der Waals surface area contributed by atoms with Crippen molar-refractivity contribution in [2.75, 3.05) is 0 Å². The second kappa shape index (κ2) is 4.10. The normalized spacial score (nSPS) is 12.5. The first-order valence-corrected chi connectivity index (χ1v) is 7.10. The Labute approximate surface area is 118 Å². The maximum atomic E-state index is 4.89. The summed E-state index contributed by atoms with van der Waals surface area (Å²) in [6.45, 7) is 6.13. The predicted octanol–water partition coefficient (Wildman–Crippen LogP) is 3.71. The molecule has 100 valence electrons. The van der Waals surface area contributed by atoms with E-state index in [1.807, 2.05) is 0 Å². The first-order valence-electron chi connectivity index (χ1n) is 7.10. The van der Waals surface area contributed by atoms with Gasteiger partial charge >= 0.3 is 0 Å². The Bertz CT molecular complexity index is 775. The summed E-state index contributed by atoms with van der Waals surface area (Å²) < 4.78 is 4.60. The van der Waals surface area contributed by atoms with Gasteiger partial charge in [-0.2, -0.15) is 0 Å².